The molecule has 0 saturated heterocycles. The van der Waals surface area contributed by atoms with Crippen molar-refractivity contribution in [3.05, 3.63) is 58.3 Å². The van der Waals surface area contributed by atoms with E-state index in [1.165, 1.54) is 12.1 Å². The smallest absolute Gasteiger partial charge is 0.123 e. The Hall–Kier alpha value is -1.25. The van der Waals surface area contributed by atoms with Crippen LogP contribution in [0.4, 0.5) is 15.8 Å². The van der Waals surface area contributed by atoms with Gasteiger partial charge in [-0.25, -0.2) is 4.39 Å². The molecule has 0 unspecified atom stereocenters. The fourth-order valence-corrected chi connectivity index (χ4v) is 1.79. The maximum Gasteiger partial charge on any atom is 0.123 e. The Morgan fingerprint density at radius 3 is 2.00 bits per heavy atom. The third kappa shape index (κ3) is 2.46. The van der Waals surface area contributed by atoms with E-state index in [2.05, 4.69) is 5.32 Å². The zero-order chi connectivity index (χ0) is 11.5. The lowest BCUT2D eigenvalue weighted by Crippen LogP contribution is -1.92. The minimum Gasteiger partial charge on any atom is -0.353 e. The Labute approximate surface area is 103 Å². The molecule has 0 amide bonds. The van der Waals surface area contributed by atoms with Crippen molar-refractivity contribution in [3.63, 3.8) is 0 Å². The Bertz CT molecular complexity index is 477. The van der Waals surface area contributed by atoms with Crippen molar-refractivity contribution in [2.24, 2.45) is 0 Å². The van der Waals surface area contributed by atoms with Crippen molar-refractivity contribution in [2.75, 3.05) is 5.32 Å². The Morgan fingerprint density at radius 2 is 1.44 bits per heavy atom. The number of rotatable bonds is 2. The van der Waals surface area contributed by atoms with Crippen LogP contribution < -0.4 is 5.32 Å². The lowest BCUT2D eigenvalue weighted by Gasteiger charge is -2.09. The first-order valence-corrected chi connectivity index (χ1v) is 5.39. The molecule has 0 aliphatic carbocycles. The van der Waals surface area contributed by atoms with Gasteiger partial charge in [0.25, 0.3) is 0 Å². The van der Waals surface area contributed by atoms with Gasteiger partial charge in [0.2, 0.25) is 0 Å². The minimum absolute atomic E-state index is 0.282. The predicted octanol–water partition coefficient (Wildman–Crippen LogP) is 4.88. The summed E-state index contributed by atoms with van der Waals surface area (Å²) in [5, 5.41) is 4.09. The van der Waals surface area contributed by atoms with Gasteiger partial charge in [-0.1, -0.05) is 29.3 Å². The maximum absolute atomic E-state index is 12.7. The van der Waals surface area contributed by atoms with Gasteiger partial charge in [-0.2, -0.15) is 0 Å². The summed E-state index contributed by atoms with van der Waals surface area (Å²) in [7, 11) is 0. The molecule has 0 saturated carbocycles. The summed E-state index contributed by atoms with van der Waals surface area (Å²) >= 11 is 12.0. The molecule has 0 atom stereocenters. The Balaban J connectivity index is 2.30. The lowest BCUT2D eigenvalue weighted by molar-refractivity contribution is 0.628. The first-order chi connectivity index (χ1) is 7.66. The molecule has 0 bridgehead atoms. The lowest BCUT2D eigenvalue weighted by atomic mass is 10.2. The van der Waals surface area contributed by atoms with Crippen LogP contribution in [-0.2, 0) is 0 Å². The SMILES string of the molecule is Fc1ccc(Nc2c(Cl)cccc2Cl)cc1. The minimum atomic E-state index is -0.282. The van der Waals surface area contributed by atoms with Crippen molar-refractivity contribution < 1.29 is 4.39 Å². The van der Waals surface area contributed by atoms with Crippen molar-refractivity contribution in [1.29, 1.82) is 0 Å². The summed E-state index contributed by atoms with van der Waals surface area (Å²) in [6.45, 7) is 0. The molecule has 2 aromatic rings. The Kier molecular flexibility index (Phi) is 3.32. The van der Waals surface area contributed by atoms with Crippen LogP contribution in [-0.4, -0.2) is 0 Å². The summed E-state index contributed by atoms with van der Waals surface area (Å²) in [6.07, 6.45) is 0. The van der Waals surface area contributed by atoms with Gasteiger partial charge in [0.05, 0.1) is 15.7 Å². The van der Waals surface area contributed by atoms with E-state index < -0.39 is 0 Å². The van der Waals surface area contributed by atoms with Gasteiger partial charge in [-0.05, 0) is 36.4 Å². The second-order valence-corrected chi connectivity index (χ2v) is 4.04. The molecule has 0 heterocycles. The van der Waals surface area contributed by atoms with Gasteiger partial charge in [0, 0.05) is 5.69 Å². The van der Waals surface area contributed by atoms with E-state index in [9.17, 15) is 4.39 Å². The molecule has 0 aliphatic heterocycles. The number of halogens is 3. The highest BCUT2D eigenvalue weighted by molar-refractivity contribution is 6.39. The molecular weight excluding hydrogens is 248 g/mol. The zero-order valence-corrected chi connectivity index (χ0v) is 9.69. The van der Waals surface area contributed by atoms with Crippen LogP contribution in [0.1, 0.15) is 0 Å². The molecule has 0 aliphatic rings. The van der Waals surface area contributed by atoms with Crippen LogP contribution in [0.15, 0.2) is 42.5 Å². The van der Waals surface area contributed by atoms with Crippen LogP contribution in [0.3, 0.4) is 0 Å². The summed E-state index contributed by atoms with van der Waals surface area (Å²) in [5.41, 5.74) is 1.36. The predicted molar refractivity (Wildman–Crippen MR) is 66.1 cm³/mol. The second-order valence-electron chi connectivity index (χ2n) is 3.23. The first-order valence-electron chi connectivity index (χ1n) is 4.63. The molecule has 0 radical (unpaired) electrons. The van der Waals surface area contributed by atoms with Crippen LogP contribution in [0, 0.1) is 5.82 Å². The summed E-state index contributed by atoms with van der Waals surface area (Å²) in [6, 6.07) is 11.2. The topological polar surface area (TPSA) is 12.0 Å². The van der Waals surface area contributed by atoms with E-state index in [4.69, 9.17) is 23.2 Å². The van der Waals surface area contributed by atoms with Crippen molar-refractivity contribution in [3.8, 4) is 0 Å². The van der Waals surface area contributed by atoms with Gasteiger partial charge >= 0.3 is 0 Å². The van der Waals surface area contributed by atoms with E-state index >= 15 is 0 Å². The summed E-state index contributed by atoms with van der Waals surface area (Å²) < 4.78 is 12.7. The van der Waals surface area contributed by atoms with Crippen molar-refractivity contribution in [2.45, 2.75) is 0 Å². The van der Waals surface area contributed by atoms with E-state index in [1.54, 1.807) is 30.3 Å². The molecule has 2 rings (SSSR count). The number of benzene rings is 2. The number of anilines is 2. The molecule has 16 heavy (non-hydrogen) atoms. The third-order valence-corrected chi connectivity index (χ3v) is 2.71. The molecule has 0 spiro atoms. The van der Waals surface area contributed by atoms with Crippen LogP contribution in [0.2, 0.25) is 10.0 Å². The van der Waals surface area contributed by atoms with E-state index in [1.807, 2.05) is 0 Å². The van der Waals surface area contributed by atoms with E-state index in [0.717, 1.165) is 5.69 Å². The fraction of sp³-hybridized carbons (Fsp3) is 0. The summed E-state index contributed by atoms with van der Waals surface area (Å²) in [5.74, 6) is -0.282. The van der Waals surface area contributed by atoms with Gasteiger partial charge in [0.1, 0.15) is 5.82 Å². The largest absolute Gasteiger partial charge is 0.353 e. The Morgan fingerprint density at radius 1 is 0.875 bits per heavy atom. The zero-order valence-electron chi connectivity index (χ0n) is 8.18. The number of hydrogen-bond acceptors (Lipinski definition) is 1. The quantitative estimate of drug-likeness (QED) is 0.807. The van der Waals surface area contributed by atoms with Crippen LogP contribution >= 0.6 is 23.2 Å². The molecule has 1 nitrogen and oxygen atoms in total. The molecule has 82 valence electrons. The molecule has 0 fully saturated rings. The molecule has 4 heteroatoms. The highest BCUT2D eigenvalue weighted by atomic mass is 35.5. The number of nitrogens with one attached hydrogen (secondary N) is 1. The highest BCUT2D eigenvalue weighted by Gasteiger charge is 2.05. The van der Waals surface area contributed by atoms with E-state index in [0.29, 0.717) is 15.7 Å². The molecule has 1 N–H and O–H groups in total. The third-order valence-electron chi connectivity index (χ3n) is 2.08. The van der Waals surface area contributed by atoms with Crippen LogP contribution in [0.5, 0.6) is 0 Å². The first kappa shape index (κ1) is 11.2. The highest BCUT2D eigenvalue weighted by Crippen LogP contribution is 2.32. The summed E-state index contributed by atoms with van der Waals surface area (Å²) in [4.78, 5) is 0. The monoisotopic (exact) mass is 255 g/mol. The van der Waals surface area contributed by atoms with E-state index in [-0.39, 0.29) is 5.82 Å². The van der Waals surface area contributed by atoms with Crippen LogP contribution in [0.25, 0.3) is 0 Å². The standard InChI is InChI=1S/C12H8Cl2FN/c13-10-2-1-3-11(14)12(10)16-9-6-4-8(15)5-7-9/h1-7,16H. The number of para-hydroxylation sites is 1. The second kappa shape index (κ2) is 4.73. The van der Waals surface area contributed by atoms with Gasteiger partial charge < -0.3 is 5.32 Å². The molecule has 0 aromatic heterocycles. The molecule has 2 aromatic carbocycles. The normalized spacial score (nSPS) is 10.2. The fourth-order valence-electron chi connectivity index (χ4n) is 1.29. The average molecular weight is 256 g/mol. The number of hydrogen-bond donors (Lipinski definition) is 1. The average Bonchev–Trinajstić information content (AvgIpc) is 2.26. The van der Waals surface area contributed by atoms with Gasteiger partial charge in [0.15, 0.2) is 0 Å². The molecular formula is C12H8Cl2FN. The van der Waals surface area contributed by atoms with Crippen molar-refractivity contribution >= 4 is 34.6 Å². The van der Waals surface area contributed by atoms with Gasteiger partial charge in [-0.15, -0.1) is 0 Å². The van der Waals surface area contributed by atoms with Crippen molar-refractivity contribution in [1.82, 2.24) is 0 Å². The van der Waals surface area contributed by atoms with Gasteiger partial charge in [-0.3, -0.25) is 0 Å². The maximum atomic E-state index is 12.7.